The molecular formula is C17H30IN7O. The summed E-state index contributed by atoms with van der Waals surface area (Å²) in [6, 6.07) is 0.248. The molecule has 2 aliphatic rings. The molecule has 9 heteroatoms. The van der Waals surface area contributed by atoms with Gasteiger partial charge in [0.2, 0.25) is 5.91 Å². The Morgan fingerprint density at radius 1 is 1.27 bits per heavy atom. The second-order valence-electron chi connectivity index (χ2n) is 7.04. The second kappa shape index (κ2) is 9.52. The molecule has 2 heterocycles. The molecule has 26 heavy (non-hydrogen) atoms. The molecule has 1 aliphatic carbocycles. The zero-order valence-corrected chi connectivity index (χ0v) is 18.2. The third kappa shape index (κ3) is 4.86. The number of nitrogens with zero attached hydrogens (tertiary/aromatic N) is 5. The topological polar surface area (TPSA) is 87.4 Å². The van der Waals surface area contributed by atoms with Crippen molar-refractivity contribution in [1.82, 2.24) is 30.3 Å². The van der Waals surface area contributed by atoms with Crippen molar-refractivity contribution in [3.05, 3.63) is 11.6 Å². The molecular weight excluding hydrogens is 445 g/mol. The summed E-state index contributed by atoms with van der Waals surface area (Å²) < 4.78 is 1.96. The molecule has 0 bridgehead atoms. The molecule has 1 aromatic heterocycles. The van der Waals surface area contributed by atoms with E-state index in [1.54, 1.807) is 7.05 Å². The van der Waals surface area contributed by atoms with Crippen LogP contribution in [-0.2, 0) is 18.4 Å². The summed E-state index contributed by atoms with van der Waals surface area (Å²) in [4.78, 5) is 18.8. The van der Waals surface area contributed by atoms with Crippen LogP contribution in [0, 0.1) is 12.8 Å². The van der Waals surface area contributed by atoms with E-state index in [-0.39, 0.29) is 35.9 Å². The maximum atomic E-state index is 12.5. The van der Waals surface area contributed by atoms with Gasteiger partial charge in [0.15, 0.2) is 11.8 Å². The molecule has 146 valence electrons. The van der Waals surface area contributed by atoms with Gasteiger partial charge in [-0.15, -0.1) is 34.2 Å². The molecule has 2 N–H and O–H groups in total. The molecule has 0 aromatic carbocycles. The van der Waals surface area contributed by atoms with E-state index in [0.29, 0.717) is 12.5 Å². The van der Waals surface area contributed by atoms with Crippen LogP contribution in [0.15, 0.2) is 4.99 Å². The number of rotatable bonds is 4. The molecule has 1 saturated heterocycles. The number of aliphatic imine (C=N–C) groups is 1. The maximum absolute atomic E-state index is 12.5. The van der Waals surface area contributed by atoms with Crippen molar-refractivity contribution < 1.29 is 4.79 Å². The van der Waals surface area contributed by atoms with Gasteiger partial charge in [-0.05, 0) is 26.2 Å². The van der Waals surface area contributed by atoms with E-state index in [1.165, 1.54) is 12.8 Å². The van der Waals surface area contributed by atoms with Crippen LogP contribution < -0.4 is 10.6 Å². The van der Waals surface area contributed by atoms with E-state index in [4.69, 9.17) is 0 Å². The Kier molecular flexibility index (Phi) is 7.66. The van der Waals surface area contributed by atoms with E-state index >= 15 is 0 Å². The normalized spacial score (nSPS) is 21.0. The smallest absolute Gasteiger partial charge is 0.225 e. The fourth-order valence-electron chi connectivity index (χ4n) is 3.66. The van der Waals surface area contributed by atoms with Crippen LogP contribution in [-0.4, -0.2) is 57.7 Å². The quantitative estimate of drug-likeness (QED) is 0.388. The van der Waals surface area contributed by atoms with Gasteiger partial charge in [-0.2, -0.15) is 0 Å². The van der Waals surface area contributed by atoms with Gasteiger partial charge in [-0.25, -0.2) is 0 Å². The monoisotopic (exact) mass is 475 g/mol. The van der Waals surface area contributed by atoms with Gasteiger partial charge in [0, 0.05) is 39.1 Å². The van der Waals surface area contributed by atoms with Crippen LogP contribution in [0.4, 0.5) is 0 Å². The average Bonchev–Trinajstić information content (AvgIpc) is 3.35. The lowest BCUT2D eigenvalue weighted by atomic mass is 10.1. The molecule has 1 saturated carbocycles. The minimum absolute atomic E-state index is 0. The predicted octanol–water partition coefficient (Wildman–Crippen LogP) is 1.20. The van der Waals surface area contributed by atoms with Gasteiger partial charge in [0.1, 0.15) is 5.82 Å². The van der Waals surface area contributed by atoms with Crippen LogP contribution >= 0.6 is 24.0 Å². The highest BCUT2D eigenvalue weighted by molar-refractivity contribution is 14.0. The Balaban J connectivity index is 0.00000243. The van der Waals surface area contributed by atoms with E-state index in [2.05, 4.69) is 25.8 Å². The van der Waals surface area contributed by atoms with Crippen LogP contribution in [0.1, 0.15) is 43.8 Å². The molecule has 2 fully saturated rings. The summed E-state index contributed by atoms with van der Waals surface area (Å²) in [6.07, 6.45) is 5.48. The summed E-state index contributed by atoms with van der Waals surface area (Å²) in [7, 11) is 3.71. The SMILES string of the molecule is CN=C(NCc1nnc(C)n1C)NC1CCN(C(=O)C2CCCC2)C1.I. The number of guanidine groups is 1. The standard InChI is InChI=1S/C17H29N7O.HI/c1-12-21-22-15(23(12)3)10-19-17(18-2)20-14-8-9-24(11-14)16(25)13-6-4-5-7-13;/h13-14H,4-11H2,1-3H3,(H2,18,19,20);1H. The number of carbonyl (C=O) groups excluding carboxylic acids is 1. The highest BCUT2D eigenvalue weighted by Gasteiger charge is 2.32. The molecule has 1 aromatic rings. The minimum atomic E-state index is 0. The Bertz CT molecular complexity index is 639. The number of likely N-dealkylation sites (tertiary alicyclic amines) is 1. The molecule has 8 nitrogen and oxygen atoms in total. The Labute approximate surface area is 172 Å². The molecule has 1 unspecified atom stereocenters. The highest BCUT2D eigenvalue weighted by atomic mass is 127. The summed E-state index contributed by atoms with van der Waals surface area (Å²) in [5, 5.41) is 14.9. The van der Waals surface area contributed by atoms with Crippen molar-refractivity contribution in [3.63, 3.8) is 0 Å². The van der Waals surface area contributed by atoms with Crippen LogP contribution in [0.25, 0.3) is 0 Å². The molecule has 0 spiro atoms. The van der Waals surface area contributed by atoms with Crippen molar-refractivity contribution in [2.24, 2.45) is 18.0 Å². The van der Waals surface area contributed by atoms with Crippen molar-refractivity contribution in [3.8, 4) is 0 Å². The van der Waals surface area contributed by atoms with Crippen molar-refractivity contribution in [1.29, 1.82) is 0 Å². The van der Waals surface area contributed by atoms with E-state index in [9.17, 15) is 4.79 Å². The lowest BCUT2D eigenvalue weighted by Gasteiger charge is -2.21. The van der Waals surface area contributed by atoms with Gasteiger partial charge in [-0.1, -0.05) is 12.8 Å². The molecule has 1 amide bonds. The van der Waals surface area contributed by atoms with Gasteiger partial charge in [-0.3, -0.25) is 9.79 Å². The number of halogens is 1. The number of amides is 1. The fourth-order valence-corrected chi connectivity index (χ4v) is 3.66. The summed E-state index contributed by atoms with van der Waals surface area (Å²) in [6.45, 7) is 4.10. The van der Waals surface area contributed by atoms with Gasteiger partial charge in [0.05, 0.1) is 6.54 Å². The van der Waals surface area contributed by atoms with E-state index in [0.717, 1.165) is 50.0 Å². The molecule has 0 radical (unpaired) electrons. The second-order valence-corrected chi connectivity index (χ2v) is 7.04. The molecule has 1 atom stereocenters. The third-order valence-electron chi connectivity index (χ3n) is 5.37. The predicted molar refractivity (Wildman–Crippen MR) is 111 cm³/mol. The van der Waals surface area contributed by atoms with Crippen LogP contribution in [0.5, 0.6) is 0 Å². The first kappa shape index (κ1) is 20.9. The largest absolute Gasteiger partial charge is 0.352 e. The number of hydrogen-bond donors (Lipinski definition) is 2. The Morgan fingerprint density at radius 3 is 2.62 bits per heavy atom. The van der Waals surface area contributed by atoms with E-state index in [1.807, 2.05) is 23.4 Å². The minimum Gasteiger partial charge on any atom is -0.352 e. The van der Waals surface area contributed by atoms with Gasteiger partial charge < -0.3 is 20.1 Å². The Hall–Kier alpha value is -1.39. The van der Waals surface area contributed by atoms with Gasteiger partial charge in [0.25, 0.3) is 0 Å². The first-order valence-electron chi connectivity index (χ1n) is 9.19. The summed E-state index contributed by atoms with van der Waals surface area (Å²) >= 11 is 0. The van der Waals surface area contributed by atoms with Crippen molar-refractivity contribution >= 4 is 35.8 Å². The number of hydrogen-bond acceptors (Lipinski definition) is 4. The number of carbonyl (C=O) groups is 1. The lowest BCUT2D eigenvalue weighted by Crippen LogP contribution is -2.45. The van der Waals surface area contributed by atoms with Crippen molar-refractivity contribution in [2.75, 3.05) is 20.1 Å². The number of nitrogens with one attached hydrogen (secondary N) is 2. The maximum Gasteiger partial charge on any atom is 0.225 e. The number of aryl methyl sites for hydroxylation is 1. The number of aromatic nitrogens is 3. The van der Waals surface area contributed by atoms with Gasteiger partial charge >= 0.3 is 0 Å². The molecule has 1 aliphatic heterocycles. The summed E-state index contributed by atoms with van der Waals surface area (Å²) in [5.74, 6) is 3.09. The van der Waals surface area contributed by atoms with E-state index < -0.39 is 0 Å². The third-order valence-corrected chi connectivity index (χ3v) is 5.37. The fraction of sp³-hybridized carbons (Fsp3) is 0.765. The first-order valence-corrected chi connectivity index (χ1v) is 9.19. The Morgan fingerprint density at radius 2 is 2.00 bits per heavy atom. The van der Waals surface area contributed by atoms with Crippen molar-refractivity contribution in [2.45, 2.75) is 51.6 Å². The zero-order chi connectivity index (χ0) is 17.8. The van der Waals surface area contributed by atoms with Crippen LogP contribution in [0.2, 0.25) is 0 Å². The molecule has 3 rings (SSSR count). The first-order chi connectivity index (χ1) is 12.1. The van der Waals surface area contributed by atoms with Crippen LogP contribution in [0.3, 0.4) is 0 Å². The lowest BCUT2D eigenvalue weighted by molar-refractivity contribution is -0.134. The zero-order valence-electron chi connectivity index (χ0n) is 15.9. The highest BCUT2D eigenvalue weighted by Crippen LogP contribution is 2.27. The average molecular weight is 475 g/mol. The summed E-state index contributed by atoms with van der Waals surface area (Å²) in [5.41, 5.74) is 0.